The van der Waals surface area contributed by atoms with E-state index in [1.165, 1.54) is 18.4 Å². The van der Waals surface area contributed by atoms with Gasteiger partial charge >= 0.3 is 5.97 Å². The zero-order valence-electron chi connectivity index (χ0n) is 31.1. The molecule has 2 saturated heterocycles. The highest BCUT2D eigenvalue weighted by Crippen LogP contribution is 2.59. The molecule has 2 saturated carbocycles. The molecule has 1 aromatic rings. The van der Waals surface area contributed by atoms with Crippen molar-refractivity contribution in [2.24, 2.45) is 17.3 Å². The Balaban J connectivity index is 1.17. The van der Waals surface area contributed by atoms with Crippen LogP contribution in [0.25, 0.3) is 6.08 Å². The third kappa shape index (κ3) is 8.24. The summed E-state index contributed by atoms with van der Waals surface area (Å²) in [4.78, 5) is 26.8. The second-order valence-corrected chi connectivity index (χ2v) is 16.6. The first kappa shape index (κ1) is 37.2. The first-order valence-corrected chi connectivity index (χ1v) is 19.6. The van der Waals surface area contributed by atoms with E-state index in [0.717, 1.165) is 76.2 Å². The molecule has 2 aliphatic heterocycles. The Hall–Kier alpha value is -2.52. The lowest BCUT2D eigenvalue weighted by atomic mass is 9.52. The van der Waals surface area contributed by atoms with E-state index in [-0.39, 0.29) is 31.1 Å². The molecule has 0 radical (unpaired) electrons. The molecule has 1 aromatic carbocycles. The molecule has 50 heavy (non-hydrogen) atoms. The monoisotopic (exact) mass is 691 g/mol. The molecule has 1 amide bonds. The summed E-state index contributed by atoms with van der Waals surface area (Å²) in [6.07, 6.45) is 16.6. The second-order valence-electron chi connectivity index (χ2n) is 16.6. The third-order valence-electron chi connectivity index (χ3n) is 12.3. The fourth-order valence-corrected chi connectivity index (χ4v) is 9.22. The van der Waals surface area contributed by atoms with Crippen molar-refractivity contribution in [3.8, 4) is 0 Å². The molecule has 8 heteroatoms. The Morgan fingerprint density at radius 1 is 0.980 bits per heavy atom. The van der Waals surface area contributed by atoms with Crippen molar-refractivity contribution in [1.29, 1.82) is 0 Å². The van der Waals surface area contributed by atoms with Gasteiger partial charge < -0.3 is 29.4 Å². The van der Waals surface area contributed by atoms with E-state index in [1.807, 2.05) is 30.3 Å². The summed E-state index contributed by atoms with van der Waals surface area (Å²) in [7, 11) is 0. The van der Waals surface area contributed by atoms with Crippen LogP contribution in [0.3, 0.4) is 0 Å². The normalized spacial score (nSPS) is 33.0. The average molecular weight is 692 g/mol. The maximum Gasteiger partial charge on any atom is 0.338 e. The molecule has 2 N–H and O–H groups in total. The van der Waals surface area contributed by atoms with Gasteiger partial charge in [0.25, 0.3) is 0 Å². The number of amides is 1. The number of carbonyl (C=O) groups excluding carboxylic acids is 2. The van der Waals surface area contributed by atoms with Gasteiger partial charge in [-0.1, -0.05) is 77.2 Å². The minimum Gasteiger partial charge on any atom is -0.456 e. The summed E-state index contributed by atoms with van der Waals surface area (Å²) in [5.74, 6) is -0.200. The number of aliphatic hydroxyl groups excluding tert-OH is 1. The molecule has 3 aliphatic carbocycles. The molecule has 276 valence electrons. The van der Waals surface area contributed by atoms with E-state index in [9.17, 15) is 14.7 Å². The van der Waals surface area contributed by atoms with Crippen molar-refractivity contribution < 1.29 is 33.6 Å². The summed E-state index contributed by atoms with van der Waals surface area (Å²) in [6.45, 7) is 11.5. The van der Waals surface area contributed by atoms with Crippen molar-refractivity contribution in [2.45, 2.75) is 160 Å². The van der Waals surface area contributed by atoms with Crippen LogP contribution in [0.15, 0.2) is 41.5 Å². The number of aliphatic hydroxyl groups is 1. The second kappa shape index (κ2) is 15.6. The standard InChI is InChI=1S/C42H61NO7/c1-6-8-10-19-42(20-11-9-7-2)48-35-26-31(38(45)43-22-23-44)25-34(37(35)50-42)47-39(46)29-14-12-28(13-15-29)24-30-16-17-36-41(5,49-36)21-18-33-32(30)27-40(33,3)4/h12-15,24,26,32-37,44H,6-11,16-23,25,27H2,1-5H3,(H,43,45). The number of hydrogen-bond donors (Lipinski definition) is 2. The molecular weight excluding hydrogens is 630 g/mol. The smallest absolute Gasteiger partial charge is 0.338 e. The Morgan fingerprint density at radius 2 is 1.70 bits per heavy atom. The number of esters is 1. The molecule has 6 rings (SSSR count). The van der Waals surface area contributed by atoms with Crippen LogP contribution in [-0.2, 0) is 23.7 Å². The fraction of sp³-hybridized carbons (Fsp3) is 0.714. The van der Waals surface area contributed by atoms with E-state index in [0.29, 0.717) is 34.5 Å². The van der Waals surface area contributed by atoms with Gasteiger partial charge in [0.05, 0.1) is 23.9 Å². The Morgan fingerprint density at radius 3 is 2.36 bits per heavy atom. The van der Waals surface area contributed by atoms with E-state index in [4.69, 9.17) is 18.9 Å². The van der Waals surface area contributed by atoms with Crippen LogP contribution >= 0.6 is 0 Å². The largest absolute Gasteiger partial charge is 0.456 e. The highest BCUT2D eigenvalue weighted by atomic mass is 16.8. The number of nitrogens with one attached hydrogen (secondary N) is 1. The van der Waals surface area contributed by atoms with Gasteiger partial charge in [-0.2, -0.15) is 0 Å². The lowest BCUT2D eigenvalue weighted by molar-refractivity contribution is -0.190. The lowest BCUT2D eigenvalue weighted by Gasteiger charge is -2.53. The topological polar surface area (TPSA) is 107 Å². The van der Waals surface area contributed by atoms with Gasteiger partial charge in [0.1, 0.15) is 18.3 Å². The maximum absolute atomic E-state index is 13.7. The predicted molar refractivity (Wildman–Crippen MR) is 194 cm³/mol. The van der Waals surface area contributed by atoms with Crippen LogP contribution in [-0.4, -0.2) is 65.9 Å². The van der Waals surface area contributed by atoms with Gasteiger partial charge in [-0.3, -0.25) is 4.79 Å². The summed E-state index contributed by atoms with van der Waals surface area (Å²) >= 11 is 0. The fourth-order valence-electron chi connectivity index (χ4n) is 9.22. The van der Waals surface area contributed by atoms with Crippen LogP contribution < -0.4 is 5.32 Å². The third-order valence-corrected chi connectivity index (χ3v) is 12.3. The minimum atomic E-state index is -0.762. The number of epoxide rings is 1. The van der Waals surface area contributed by atoms with Crippen LogP contribution in [0.4, 0.5) is 0 Å². The average Bonchev–Trinajstić information content (AvgIpc) is 3.57. The zero-order valence-corrected chi connectivity index (χ0v) is 31.1. The summed E-state index contributed by atoms with van der Waals surface area (Å²) in [6, 6.07) is 7.74. The molecule has 7 atom stereocenters. The maximum atomic E-state index is 13.7. The van der Waals surface area contributed by atoms with Gasteiger partial charge in [-0.15, -0.1) is 0 Å². The molecule has 2 heterocycles. The van der Waals surface area contributed by atoms with Crippen LogP contribution in [0, 0.1) is 17.3 Å². The molecule has 0 aromatic heterocycles. The van der Waals surface area contributed by atoms with Crippen LogP contribution in [0.2, 0.25) is 0 Å². The molecule has 5 aliphatic rings. The van der Waals surface area contributed by atoms with E-state index < -0.39 is 30.1 Å². The van der Waals surface area contributed by atoms with Gasteiger partial charge in [-0.05, 0) is 92.9 Å². The molecule has 0 spiro atoms. The SMILES string of the molecule is CCCCCC1(CCCCC)OC2C=C(C(=O)NCCO)CC(OC(=O)c3ccc(C=C4CCC5OC5(C)CCC5C4CC5(C)C)cc3)C2O1. The zero-order chi connectivity index (χ0) is 35.5. The van der Waals surface area contributed by atoms with Gasteiger partial charge in [-0.25, -0.2) is 4.79 Å². The minimum absolute atomic E-state index is 0.0626. The molecular formula is C42H61NO7. The summed E-state index contributed by atoms with van der Waals surface area (Å²) < 4.78 is 25.8. The number of benzene rings is 1. The number of fused-ring (bicyclic) bond motifs is 3. The van der Waals surface area contributed by atoms with Crippen molar-refractivity contribution in [1.82, 2.24) is 5.32 Å². The number of carbonyl (C=O) groups is 2. The van der Waals surface area contributed by atoms with Crippen molar-refractivity contribution in [3.05, 3.63) is 52.6 Å². The quantitative estimate of drug-likeness (QED) is 0.115. The number of hydrogen-bond acceptors (Lipinski definition) is 7. The highest BCUT2D eigenvalue weighted by Gasteiger charge is 2.56. The number of rotatable bonds is 14. The van der Waals surface area contributed by atoms with Crippen molar-refractivity contribution >= 4 is 18.0 Å². The van der Waals surface area contributed by atoms with Crippen LogP contribution in [0.1, 0.15) is 140 Å². The van der Waals surface area contributed by atoms with Crippen molar-refractivity contribution in [2.75, 3.05) is 13.2 Å². The number of allylic oxidation sites excluding steroid dienone is 1. The van der Waals surface area contributed by atoms with E-state index >= 15 is 0 Å². The Bertz CT molecular complexity index is 1410. The molecule has 7 unspecified atom stereocenters. The Kier molecular flexibility index (Phi) is 11.6. The summed E-state index contributed by atoms with van der Waals surface area (Å²) in [5.41, 5.74) is 3.99. The van der Waals surface area contributed by atoms with Gasteiger partial charge in [0.15, 0.2) is 5.79 Å². The van der Waals surface area contributed by atoms with Crippen LogP contribution in [0.5, 0.6) is 0 Å². The molecule has 8 nitrogen and oxygen atoms in total. The highest BCUT2D eigenvalue weighted by molar-refractivity contribution is 5.94. The number of unbranched alkanes of at least 4 members (excludes halogenated alkanes) is 4. The van der Waals surface area contributed by atoms with Gasteiger partial charge in [0, 0.05) is 31.4 Å². The molecule has 0 bridgehead atoms. The Labute approximate surface area is 299 Å². The van der Waals surface area contributed by atoms with E-state index in [1.54, 1.807) is 0 Å². The van der Waals surface area contributed by atoms with Gasteiger partial charge in [0.2, 0.25) is 5.91 Å². The summed E-state index contributed by atoms with van der Waals surface area (Å²) in [5, 5.41) is 12.1. The predicted octanol–water partition coefficient (Wildman–Crippen LogP) is 8.07. The first-order valence-electron chi connectivity index (χ1n) is 19.6. The van der Waals surface area contributed by atoms with Crippen molar-refractivity contribution in [3.63, 3.8) is 0 Å². The first-order chi connectivity index (χ1) is 24.0. The lowest BCUT2D eigenvalue weighted by Crippen LogP contribution is -2.45. The number of ether oxygens (including phenoxy) is 4. The molecule has 4 fully saturated rings. The van der Waals surface area contributed by atoms with E-state index in [2.05, 4.69) is 46.0 Å².